The van der Waals surface area contributed by atoms with E-state index in [0.717, 1.165) is 24.0 Å². The fraction of sp³-hybridized carbons (Fsp3) is 0.533. The van der Waals surface area contributed by atoms with Crippen molar-refractivity contribution >= 4 is 11.5 Å². The maximum absolute atomic E-state index is 12.0. The Balaban J connectivity index is 2.00. The number of rotatable bonds is 3. The quantitative estimate of drug-likeness (QED) is 0.682. The second-order valence-electron chi connectivity index (χ2n) is 5.69. The number of nitrogens with zero attached hydrogens (tertiary/aromatic N) is 1. The van der Waals surface area contributed by atoms with Gasteiger partial charge in [-0.1, -0.05) is 6.42 Å². The van der Waals surface area contributed by atoms with Gasteiger partial charge in [-0.3, -0.25) is 14.9 Å². The average molecular weight is 291 g/mol. The van der Waals surface area contributed by atoms with Crippen molar-refractivity contribution in [3.05, 3.63) is 38.9 Å². The Hall–Kier alpha value is -1.79. The SMILES string of the molecule is O=C1CCCCC1C(O)c1cc2c(cc1[N+](=O)[O-])COC2. The number of aliphatic hydroxyl groups excluding tert-OH is 1. The molecule has 0 saturated heterocycles. The Kier molecular flexibility index (Phi) is 3.73. The van der Waals surface area contributed by atoms with E-state index in [1.807, 2.05) is 0 Å². The van der Waals surface area contributed by atoms with Gasteiger partial charge in [0.05, 0.1) is 29.8 Å². The zero-order valence-electron chi connectivity index (χ0n) is 11.6. The van der Waals surface area contributed by atoms with E-state index in [4.69, 9.17) is 4.74 Å². The minimum atomic E-state index is -1.11. The van der Waals surface area contributed by atoms with Gasteiger partial charge in [0.2, 0.25) is 0 Å². The number of aliphatic hydroxyl groups is 1. The monoisotopic (exact) mass is 291 g/mol. The molecule has 112 valence electrons. The smallest absolute Gasteiger partial charge is 0.275 e. The second-order valence-corrected chi connectivity index (χ2v) is 5.69. The van der Waals surface area contributed by atoms with Crippen LogP contribution in [0.4, 0.5) is 5.69 Å². The van der Waals surface area contributed by atoms with E-state index in [1.54, 1.807) is 6.07 Å². The van der Waals surface area contributed by atoms with E-state index in [9.17, 15) is 20.0 Å². The summed E-state index contributed by atoms with van der Waals surface area (Å²) in [5.41, 5.74) is 1.76. The lowest BCUT2D eigenvalue weighted by Crippen LogP contribution is -2.26. The summed E-state index contributed by atoms with van der Waals surface area (Å²) in [4.78, 5) is 22.7. The number of nitro groups is 1. The molecule has 2 atom stereocenters. The zero-order valence-corrected chi connectivity index (χ0v) is 11.6. The lowest BCUT2D eigenvalue weighted by Gasteiger charge is -2.25. The van der Waals surface area contributed by atoms with E-state index in [-0.39, 0.29) is 17.0 Å². The summed E-state index contributed by atoms with van der Waals surface area (Å²) in [7, 11) is 0. The van der Waals surface area contributed by atoms with Crippen molar-refractivity contribution < 1.29 is 19.6 Å². The highest BCUT2D eigenvalue weighted by Gasteiger charge is 2.34. The van der Waals surface area contributed by atoms with Gasteiger partial charge in [-0.15, -0.1) is 0 Å². The van der Waals surface area contributed by atoms with Gasteiger partial charge in [0.15, 0.2) is 0 Å². The molecule has 0 aromatic heterocycles. The molecule has 1 fully saturated rings. The Bertz CT molecular complexity index is 598. The molecule has 2 unspecified atom stereocenters. The van der Waals surface area contributed by atoms with Crippen LogP contribution in [0.1, 0.15) is 48.5 Å². The van der Waals surface area contributed by atoms with Crippen LogP contribution >= 0.6 is 0 Å². The van der Waals surface area contributed by atoms with Crippen molar-refractivity contribution in [1.82, 2.24) is 0 Å². The molecule has 0 amide bonds. The Labute approximate surface area is 121 Å². The minimum Gasteiger partial charge on any atom is -0.387 e. The molecule has 6 nitrogen and oxygen atoms in total. The van der Waals surface area contributed by atoms with E-state index < -0.39 is 16.9 Å². The maximum Gasteiger partial charge on any atom is 0.275 e. The largest absolute Gasteiger partial charge is 0.387 e. The highest BCUT2D eigenvalue weighted by molar-refractivity contribution is 5.82. The van der Waals surface area contributed by atoms with Gasteiger partial charge in [-0.05, 0) is 30.0 Å². The summed E-state index contributed by atoms with van der Waals surface area (Å²) in [6.07, 6.45) is 1.63. The number of hydrogen-bond donors (Lipinski definition) is 1. The van der Waals surface area contributed by atoms with Crippen molar-refractivity contribution in [1.29, 1.82) is 0 Å². The number of ether oxygens (including phenoxy) is 1. The lowest BCUT2D eigenvalue weighted by atomic mass is 9.81. The van der Waals surface area contributed by atoms with Gasteiger partial charge >= 0.3 is 0 Å². The van der Waals surface area contributed by atoms with Crippen LogP contribution in [0.15, 0.2) is 12.1 Å². The zero-order chi connectivity index (χ0) is 15.0. The van der Waals surface area contributed by atoms with Crippen molar-refractivity contribution in [2.45, 2.75) is 45.0 Å². The first kappa shape index (κ1) is 14.2. The molecule has 3 rings (SSSR count). The molecule has 21 heavy (non-hydrogen) atoms. The number of Topliss-reactive ketones (excluding diaryl/α,β-unsaturated/α-hetero) is 1. The summed E-state index contributed by atoms with van der Waals surface area (Å²) in [5.74, 6) is -0.530. The first-order valence-electron chi connectivity index (χ1n) is 7.16. The van der Waals surface area contributed by atoms with Gasteiger partial charge in [0.1, 0.15) is 5.78 Å². The van der Waals surface area contributed by atoms with Crippen LogP contribution in [0.5, 0.6) is 0 Å². The molecule has 1 aromatic carbocycles. The molecule has 1 aliphatic heterocycles. The first-order valence-corrected chi connectivity index (χ1v) is 7.16. The minimum absolute atomic E-state index is 0.000188. The third kappa shape index (κ3) is 2.56. The van der Waals surface area contributed by atoms with Crippen LogP contribution in [-0.2, 0) is 22.7 Å². The molecule has 1 saturated carbocycles. The number of hydrogen-bond acceptors (Lipinski definition) is 5. The van der Waals surface area contributed by atoms with Gasteiger partial charge in [-0.25, -0.2) is 0 Å². The highest BCUT2D eigenvalue weighted by Crippen LogP contribution is 2.38. The van der Waals surface area contributed by atoms with Crippen molar-refractivity contribution in [3.8, 4) is 0 Å². The van der Waals surface area contributed by atoms with Crippen LogP contribution in [0.2, 0.25) is 0 Å². The molecule has 1 aliphatic carbocycles. The van der Waals surface area contributed by atoms with Crippen LogP contribution in [0.25, 0.3) is 0 Å². The number of fused-ring (bicyclic) bond motifs is 1. The summed E-state index contributed by atoms with van der Waals surface area (Å²) < 4.78 is 5.28. The molecule has 0 spiro atoms. The third-order valence-corrected chi connectivity index (χ3v) is 4.36. The molecule has 1 heterocycles. The lowest BCUT2D eigenvalue weighted by molar-refractivity contribution is -0.386. The van der Waals surface area contributed by atoms with E-state index in [1.165, 1.54) is 6.07 Å². The Morgan fingerprint density at radius 1 is 1.29 bits per heavy atom. The topological polar surface area (TPSA) is 89.7 Å². The fourth-order valence-electron chi connectivity index (χ4n) is 3.19. The van der Waals surface area contributed by atoms with E-state index in [0.29, 0.717) is 26.1 Å². The molecule has 1 aromatic rings. The predicted octanol–water partition coefficient (Wildman–Crippen LogP) is 2.42. The van der Waals surface area contributed by atoms with Crippen LogP contribution in [0.3, 0.4) is 0 Å². The second kappa shape index (κ2) is 5.54. The number of ketones is 1. The van der Waals surface area contributed by atoms with Gasteiger partial charge in [0.25, 0.3) is 5.69 Å². The molecule has 6 heteroatoms. The average Bonchev–Trinajstić information content (AvgIpc) is 2.93. The van der Waals surface area contributed by atoms with Crippen LogP contribution in [0, 0.1) is 16.0 Å². The van der Waals surface area contributed by atoms with Gasteiger partial charge in [-0.2, -0.15) is 0 Å². The summed E-state index contributed by atoms with van der Waals surface area (Å²) in [5, 5.41) is 21.8. The van der Waals surface area contributed by atoms with Crippen molar-refractivity contribution in [3.63, 3.8) is 0 Å². The van der Waals surface area contributed by atoms with Crippen molar-refractivity contribution in [2.75, 3.05) is 0 Å². The first-order chi connectivity index (χ1) is 10.1. The molecule has 1 N–H and O–H groups in total. The predicted molar refractivity (Wildman–Crippen MR) is 73.5 cm³/mol. The number of benzene rings is 1. The number of carbonyl (C=O) groups is 1. The summed E-state index contributed by atoms with van der Waals surface area (Å²) in [6, 6.07) is 3.10. The summed E-state index contributed by atoms with van der Waals surface area (Å²) >= 11 is 0. The van der Waals surface area contributed by atoms with Gasteiger partial charge in [0, 0.05) is 18.4 Å². The Morgan fingerprint density at radius 2 is 2.00 bits per heavy atom. The molecular formula is C15H17NO5. The van der Waals surface area contributed by atoms with Crippen LogP contribution in [-0.4, -0.2) is 15.8 Å². The van der Waals surface area contributed by atoms with Crippen LogP contribution < -0.4 is 0 Å². The third-order valence-electron chi connectivity index (χ3n) is 4.36. The molecule has 0 radical (unpaired) electrons. The van der Waals surface area contributed by atoms with Crippen molar-refractivity contribution in [2.24, 2.45) is 5.92 Å². The number of carbonyl (C=O) groups excluding carboxylic acids is 1. The fourth-order valence-corrected chi connectivity index (χ4v) is 3.19. The Morgan fingerprint density at radius 3 is 2.67 bits per heavy atom. The van der Waals surface area contributed by atoms with Gasteiger partial charge < -0.3 is 9.84 Å². The number of nitro benzene ring substituents is 1. The molecular weight excluding hydrogens is 274 g/mol. The standard InChI is InChI=1S/C15H17NO5/c17-14-4-2-1-3-11(14)15(18)12-5-9-7-21-8-10(9)6-13(12)16(19)20/h5-6,11,15,18H,1-4,7-8H2. The van der Waals surface area contributed by atoms with E-state index in [2.05, 4.69) is 0 Å². The molecule has 2 aliphatic rings. The normalized spacial score (nSPS) is 22.9. The van der Waals surface area contributed by atoms with E-state index >= 15 is 0 Å². The molecule has 0 bridgehead atoms. The maximum atomic E-state index is 12.0. The highest BCUT2D eigenvalue weighted by atomic mass is 16.6. The summed E-state index contributed by atoms with van der Waals surface area (Å²) in [6.45, 7) is 0.751.